The zero-order chi connectivity index (χ0) is 25.7. The highest BCUT2D eigenvalue weighted by molar-refractivity contribution is 6.21. The minimum absolute atomic E-state index is 0.115. The first-order valence-electron chi connectivity index (χ1n) is 12.2. The Labute approximate surface area is 213 Å². The number of hydroxylamine groups is 2. The van der Waals surface area contributed by atoms with Gasteiger partial charge in [-0.3, -0.25) is 14.5 Å². The minimum atomic E-state index is -1.38. The average Bonchev–Trinajstić information content (AvgIpc) is 3.55. The minimum Gasteiger partial charge on any atom is -0.448 e. The fourth-order valence-corrected chi connectivity index (χ4v) is 5.57. The first kappa shape index (κ1) is 23.0. The lowest BCUT2D eigenvalue weighted by Gasteiger charge is -2.32. The van der Waals surface area contributed by atoms with E-state index in [9.17, 15) is 19.2 Å². The molecule has 3 aromatic rings. The van der Waals surface area contributed by atoms with Gasteiger partial charge < -0.3 is 9.57 Å². The second-order valence-corrected chi connectivity index (χ2v) is 9.66. The molecule has 8 heteroatoms. The molecular weight excluding hydrogens is 472 g/mol. The Morgan fingerprint density at radius 3 is 1.92 bits per heavy atom. The molecule has 0 radical (unpaired) electrons. The van der Waals surface area contributed by atoms with E-state index in [1.54, 1.807) is 19.1 Å². The quantitative estimate of drug-likeness (QED) is 0.492. The summed E-state index contributed by atoms with van der Waals surface area (Å²) in [6.45, 7) is 1.99. The summed E-state index contributed by atoms with van der Waals surface area (Å²) in [5, 5.41) is 0.479. The summed E-state index contributed by atoms with van der Waals surface area (Å²) in [6.07, 6.45) is 0.234. The van der Waals surface area contributed by atoms with Crippen molar-refractivity contribution in [2.45, 2.75) is 31.2 Å². The summed E-state index contributed by atoms with van der Waals surface area (Å²) < 4.78 is 5.76. The normalized spacial score (nSPS) is 20.0. The third kappa shape index (κ3) is 3.51. The van der Waals surface area contributed by atoms with E-state index in [0.717, 1.165) is 22.3 Å². The fourth-order valence-electron chi connectivity index (χ4n) is 5.57. The number of imide groups is 1. The van der Waals surface area contributed by atoms with Gasteiger partial charge in [0.05, 0.1) is 11.1 Å². The number of carbonyl (C=O) groups excluding carboxylic acids is 4. The SMILES string of the molecule is C[C@@]1(C(=O)ON2C(=O)c3ccccc3C2=O)CCCN1C(=O)OCC1c2ccccc2-c2ccccc21. The van der Waals surface area contributed by atoms with Crippen molar-refractivity contribution in [3.05, 3.63) is 95.1 Å². The van der Waals surface area contributed by atoms with E-state index in [1.807, 2.05) is 36.4 Å². The molecule has 3 aliphatic rings. The zero-order valence-corrected chi connectivity index (χ0v) is 20.2. The number of hydrogen-bond acceptors (Lipinski definition) is 6. The fraction of sp³-hybridized carbons (Fsp3) is 0.241. The highest BCUT2D eigenvalue weighted by Crippen LogP contribution is 2.44. The Bertz CT molecular complexity index is 1390. The summed E-state index contributed by atoms with van der Waals surface area (Å²) in [5.74, 6) is -2.38. The van der Waals surface area contributed by atoms with E-state index in [1.165, 1.54) is 17.0 Å². The molecule has 37 heavy (non-hydrogen) atoms. The van der Waals surface area contributed by atoms with Gasteiger partial charge in [0.25, 0.3) is 11.8 Å². The summed E-state index contributed by atoms with van der Waals surface area (Å²) in [7, 11) is 0. The van der Waals surface area contributed by atoms with Crippen molar-refractivity contribution in [1.29, 1.82) is 0 Å². The summed E-state index contributed by atoms with van der Waals surface area (Å²) in [5.41, 5.74) is 3.38. The second-order valence-electron chi connectivity index (χ2n) is 9.66. The van der Waals surface area contributed by atoms with Gasteiger partial charge in [-0.25, -0.2) is 9.59 Å². The Morgan fingerprint density at radius 1 is 0.838 bits per heavy atom. The predicted molar refractivity (Wildman–Crippen MR) is 132 cm³/mol. The number of nitrogens with zero attached hydrogens (tertiary/aromatic N) is 2. The van der Waals surface area contributed by atoms with Crippen LogP contribution in [0, 0.1) is 0 Å². The molecule has 0 bridgehead atoms. The van der Waals surface area contributed by atoms with Gasteiger partial charge >= 0.3 is 12.1 Å². The van der Waals surface area contributed by atoms with Crippen molar-refractivity contribution < 1.29 is 28.8 Å². The zero-order valence-electron chi connectivity index (χ0n) is 20.2. The van der Waals surface area contributed by atoms with Gasteiger partial charge in [-0.1, -0.05) is 65.7 Å². The number of carbonyl (C=O) groups is 4. The highest BCUT2D eigenvalue weighted by atomic mass is 16.7. The van der Waals surface area contributed by atoms with Crippen molar-refractivity contribution in [3.8, 4) is 11.1 Å². The van der Waals surface area contributed by atoms with Crippen LogP contribution >= 0.6 is 0 Å². The standard InChI is InChI=1S/C29H24N2O6/c1-29(27(34)37-31-25(32)22-13-6-7-14-23(22)26(31)33)15-8-16-30(29)28(35)36-17-24-20-11-4-2-9-18(20)19-10-3-5-12-21(19)24/h2-7,9-14,24H,8,15-17H2,1H3/t29-/m0/s1. The molecule has 0 aromatic heterocycles. The Hall–Kier alpha value is -4.46. The van der Waals surface area contributed by atoms with E-state index in [4.69, 9.17) is 9.57 Å². The van der Waals surface area contributed by atoms with Crippen molar-refractivity contribution >= 4 is 23.9 Å². The smallest absolute Gasteiger partial charge is 0.410 e. The number of ether oxygens (including phenoxy) is 1. The molecule has 0 saturated carbocycles. The van der Waals surface area contributed by atoms with Gasteiger partial charge in [-0.2, -0.15) is 0 Å². The molecule has 0 spiro atoms. The molecule has 1 atom stereocenters. The summed E-state index contributed by atoms with van der Waals surface area (Å²) in [4.78, 5) is 58.4. The Balaban J connectivity index is 1.17. The van der Waals surface area contributed by atoms with E-state index in [2.05, 4.69) is 12.1 Å². The van der Waals surface area contributed by atoms with Gasteiger partial charge in [0.15, 0.2) is 0 Å². The van der Waals surface area contributed by atoms with Crippen LogP contribution in [0.1, 0.15) is 57.5 Å². The van der Waals surface area contributed by atoms with E-state index in [0.29, 0.717) is 24.4 Å². The van der Waals surface area contributed by atoms with E-state index in [-0.39, 0.29) is 23.7 Å². The van der Waals surface area contributed by atoms with Crippen LogP contribution in [0.25, 0.3) is 11.1 Å². The maximum absolute atomic E-state index is 13.3. The van der Waals surface area contributed by atoms with Gasteiger partial charge in [-0.15, -0.1) is 0 Å². The lowest BCUT2D eigenvalue weighted by atomic mass is 9.98. The molecule has 186 valence electrons. The number of fused-ring (bicyclic) bond motifs is 4. The molecule has 1 fully saturated rings. The van der Waals surface area contributed by atoms with Crippen LogP contribution in [0.15, 0.2) is 72.8 Å². The molecule has 2 heterocycles. The van der Waals surface area contributed by atoms with Gasteiger partial charge in [0, 0.05) is 12.5 Å². The lowest BCUT2D eigenvalue weighted by molar-refractivity contribution is -0.179. The van der Waals surface area contributed by atoms with Crippen LogP contribution in [0.5, 0.6) is 0 Å². The Morgan fingerprint density at radius 2 is 1.35 bits per heavy atom. The average molecular weight is 497 g/mol. The van der Waals surface area contributed by atoms with Crippen molar-refractivity contribution in [2.75, 3.05) is 13.2 Å². The number of rotatable bonds is 4. The third-order valence-electron chi connectivity index (χ3n) is 7.57. The third-order valence-corrected chi connectivity index (χ3v) is 7.57. The molecule has 1 aliphatic carbocycles. The number of amides is 3. The molecule has 6 rings (SSSR count). The molecule has 3 amide bonds. The first-order valence-corrected chi connectivity index (χ1v) is 12.2. The first-order chi connectivity index (χ1) is 17.9. The monoisotopic (exact) mass is 496 g/mol. The van der Waals surface area contributed by atoms with Crippen molar-refractivity contribution in [2.24, 2.45) is 0 Å². The van der Waals surface area contributed by atoms with Crippen LogP contribution in [-0.4, -0.2) is 52.5 Å². The molecule has 8 nitrogen and oxygen atoms in total. The second kappa shape index (κ2) is 8.58. The van der Waals surface area contributed by atoms with Crippen molar-refractivity contribution in [3.63, 3.8) is 0 Å². The number of hydrogen-bond donors (Lipinski definition) is 0. The molecule has 0 N–H and O–H groups in total. The highest BCUT2D eigenvalue weighted by Gasteiger charge is 2.51. The maximum atomic E-state index is 13.3. The van der Waals surface area contributed by atoms with E-state index >= 15 is 0 Å². The van der Waals surface area contributed by atoms with Crippen LogP contribution in [-0.2, 0) is 14.4 Å². The van der Waals surface area contributed by atoms with E-state index < -0.39 is 29.4 Å². The van der Waals surface area contributed by atoms with Gasteiger partial charge in [-0.05, 0) is 54.2 Å². The number of likely N-dealkylation sites (tertiary alicyclic amines) is 1. The number of benzene rings is 3. The Kier molecular flexibility index (Phi) is 5.33. The van der Waals surface area contributed by atoms with Crippen LogP contribution in [0.4, 0.5) is 4.79 Å². The molecular formula is C29H24N2O6. The van der Waals surface area contributed by atoms with Crippen LogP contribution in [0.3, 0.4) is 0 Å². The summed E-state index contributed by atoms with van der Waals surface area (Å²) in [6, 6.07) is 22.4. The molecule has 2 aliphatic heterocycles. The molecule has 3 aromatic carbocycles. The lowest BCUT2D eigenvalue weighted by Crippen LogP contribution is -2.53. The van der Waals surface area contributed by atoms with Gasteiger partial charge in [0.2, 0.25) is 0 Å². The summed E-state index contributed by atoms with van der Waals surface area (Å²) >= 11 is 0. The maximum Gasteiger partial charge on any atom is 0.410 e. The largest absolute Gasteiger partial charge is 0.448 e. The van der Waals surface area contributed by atoms with Crippen LogP contribution < -0.4 is 0 Å². The molecule has 1 saturated heterocycles. The predicted octanol–water partition coefficient (Wildman–Crippen LogP) is 4.54. The van der Waals surface area contributed by atoms with Crippen molar-refractivity contribution in [1.82, 2.24) is 9.96 Å². The topological polar surface area (TPSA) is 93.2 Å². The molecule has 0 unspecified atom stereocenters. The van der Waals surface area contributed by atoms with Crippen LogP contribution in [0.2, 0.25) is 0 Å². The van der Waals surface area contributed by atoms with Gasteiger partial charge in [0.1, 0.15) is 12.1 Å².